The number of hydrogen-bond acceptors (Lipinski definition) is 6. The van der Waals surface area contributed by atoms with Crippen LogP contribution in [0, 0.1) is 0 Å². The lowest BCUT2D eigenvalue weighted by atomic mass is 10.2. The Labute approximate surface area is 143 Å². The van der Waals surface area contributed by atoms with E-state index in [2.05, 4.69) is 0 Å². The van der Waals surface area contributed by atoms with Crippen LogP contribution in [0.5, 0.6) is 11.5 Å². The van der Waals surface area contributed by atoms with E-state index in [-0.39, 0.29) is 4.32 Å². The average Bonchev–Trinajstić information content (AvgIpc) is 2.75. The zero-order valence-electron chi connectivity index (χ0n) is 12.6. The fourth-order valence-corrected chi connectivity index (χ4v) is 3.23. The van der Waals surface area contributed by atoms with Gasteiger partial charge in [-0.2, -0.15) is 0 Å². The van der Waals surface area contributed by atoms with Crippen LogP contribution in [0.4, 0.5) is 0 Å². The number of carboxylic acids is 1. The molecule has 0 unspecified atom stereocenters. The second-order valence-corrected chi connectivity index (χ2v) is 6.18. The van der Waals surface area contributed by atoms with E-state index in [1.54, 1.807) is 31.4 Å². The van der Waals surface area contributed by atoms with Crippen molar-refractivity contribution in [1.29, 1.82) is 0 Å². The molecular weight excluding hydrogens is 338 g/mol. The monoisotopic (exact) mass is 353 g/mol. The average molecular weight is 353 g/mol. The summed E-state index contributed by atoms with van der Waals surface area (Å²) in [4.78, 5) is 24.5. The quantitative estimate of drug-likeness (QED) is 0.621. The molecule has 1 N–H and O–H groups in total. The molecule has 1 aliphatic rings. The van der Waals surface area contributed by atoms with Crippen LogP contribution in [-0.4, -0.2) is 46.5 Å². The Kier molecular flexibility index (Phi) is 5.62. The van der Waals surface area contributed by atoms with Crippen LogP contribution in [-0.2, 0) is 9.59 Å². The van der Waals surface area contributed by atoms with Gasteiger partial charge in [-0.15, -0.1) is 0 Å². The lowest BCUT2D eigenvalue weighted by Crippen LogP contribution is -2.33. The Morgan fingerprint density at radius 1 is 1.43 bits per heavy atom. The highest BCUT2D eigenvalue weighted by molar-refractivity contribution is 8.26. The van der Waals surface area contributed by atoms with Crippen LogP contribution in [0.1, 0.15) is 12.5 Å². The van der Waals surface area contributed by atoms with E-state index in [9.17, 15) is 9.59 Å². The number of ether oxygens (including phenoxy) is 2. The smallest absolute Gasteiger partial charge is 0.323 e. The molecule has 8 heteroatoms. The Bertz CT molecular complexity index is 686. The highest BCUT2D eigenvalue weighted by atomic mass is 32.2. The summed E-state index contributed by atoms with van der Waals surface area (Å²) in [6.07, 6.45) is 1.66. The lowest BCUT2D eigenvalue weighted by Gasteiger charge is -2.10. The van der Waals surface area contributed by atoms with Crippen LogP contribution in [0.15, 0.2) is 23.1 Å². The van der Waals surface area contributed by atoms with Gasteiger partial charge in [-0.05, 0) is 30.7 Å². The Morgan fingerprint density at radius 3 is 2.78 bits per heavy atom. The van der Waals surface area contributed by atoms with E-state index in [0.29, 0.717) is 23.0 Å². The summed E-state index contributed by atoms with van der Waals surface area (Å²) in [5.74, 6) is -0.339. The first-order chi connectivity index (χ1) is 11.0. The zero-order chi connectivity index (χ0) is 17.0. The largest absolute Gasteiger partial charge is 0.493 e. The number of benzene rings is 1. The predicted molar refractivity (Wildman–Crippen MR) is 91.7 cm³/mol. The van der Waals surface area contributed by atoms with E-state index in [0.717, 1.165) is 22.2 Å². The van der Waals surface area contributed by atoms with Crippen molar-refractivity contribution in [3.8, 4) is 11.5 Å². The summed E-state index contributed by atoms with van der Waals surface area (Å²) in [5, 5.41) is 8.83. The molecular formula is C15H15NO5S2. The number of methoxy groups -OCH3 is 1. The molecule has 1 aromatic rings. The molecule has 0 radical (unpaired) electrons. The van der Waals surface area contributed by atoms with Crippen molar-refractivity contribution in [1.82, 2.24) is 4.90 Å². The van der Waals surface area contributed by atoms with E-state index < -0.39 is 18.4 Å². The van der Waals surface area contributed by atoms with E-state index >= 15 is 0 Å². The minimum absolute atomic E-state index is 0.238. The highest BCUT2D eigenvalue weighted by Crippen LogP contribution is 2.34. The number of thioether (sulfide) groups is 1. The summed E-state index contributed by atoms with van der Waals surface area (Å²) in [6, 6.07) is 5.28. The summed E-state index contributed by atoms with van der Waals surface area (Å²) < 4.78 is 10.9. The Balaban J connectivity index is 2.28. The molecule has 6 nitrogen and oxygen atoms in total. The van der Waals surface area contributed by atoms with Gasteiger partial charge < -0.3 is 14.6 Å². The molecule has 0 bridgehead atoms. The van der Waals surface area contributed by atoms with Crippen molar-refractivity contribution >= 4 is 46.3 Å². The molecule has 0 aliphatic carbocycles. The van der Waals surface area contributed by atoms with Gasteiger partial charge in [0.1, 0.15) is 10.9 Å². The maximum atomic E-state index is 12.2. The predicted octanol–water partition coefficient (Wildman–Crippen LogP) is 2.38. The summed E-state index contributed by atoms with van der Waals surface area (Å²) in [6.45, 7) is 1.92. The normalized spacial score (nSPS) is 16.1. The number of aliphatic carboxylic acids is 1. The van der Waals surface area contributed by atoms with Gasteiger partial charge in [0.2, 0.25) is 0 Å². The number of hydrogen-bond donors (Lipinski definition) is 1. The molecule has 0 spiro atoms. The van der Waals surface area contributed by atoms with E-state index in [1.807, 2.05) is 6.92 Å². The third kappa shape index (κ3) is 4.02. The van der Waals surface area contributed by atoms with Crippen LogP contribution in [0.3, 0.4) is 0 Å². The van der Waals surface area contributed by atoms with Crippen LogP contribution in [0.25, 0.3) is 6.08 Å². The molecule has 2 rings (SSSR count). The molecule has 122 valence electrons. The molecule has 1 amide bonds. The number of amides is 1. The SMILES string of the molecule is CCOc1cc(/C=C2\SC(=S)N(CC(=O)O)C2=O)ccc1OC. The van der Waals surface area contributed by atoms with Gasteiger partial charge in [-0.25, -0.2) is 0 Å². The van der Waals surface area contributed by atoms with Crippen molar-refractivity contribution in [2.75, 3.05) is 20.3 Å². The van der Waals surface area contributed by atoms with E-state index in [1.165, 1.54) is 0 Å². The van der Waals surface area contributed by atoms with Gasteiger partial charge in [0.15, 0.2) is 11.5 Å². The summed E-state index contributed by atoms with van der Waals surface area (Å²) >= 11 is 6.14. The van der Waals surface area contributed by atoms with Gasteiger partial charge in [0.25, 0.3) is 5.91 Å². The molecule has 1 fully saturated rings. The number of carbonyl (C=O) groups is 2. The molecule has 1 aliphatic heterocycles. The number of carboxylic acid groups (broad SMARTS) is 1. The van der Waals surface area contributed by atoms with Crippen molar-refractivity contribution in [3.05, 3.63) is 28.7 Å². The molecule has 1 aromatic carbocycles. The number of rotatable bonds is 6. The minimum Gasteiger partial charge on any atom is -0.493 e. The first-order valence-electron chi connectivity index (χ1n) is 6.74. The van der Waals surface area contributed by atoms with Crippen LogP contribution in [0.2, 0.25) is 0 Å². The van der Waals surface area contributed by atoms with Gasteiger partial charge in [0, 0.05) is 0 Å². The zero-order valence-corrected chi connectivity index (χ0v) is 14.2. The Morgan fingerprint density at radius 2 is 2.17 bits per heavy atom. The maximum absolute atomic E-state index is 12.2. The second-order valence-electron chi connectivity index (χ2n) is 4.50. The van der Waals surface area contributed by atoms with Gasteiger partial charge in [-0.1, -0.05) is 30.0 Å². The topological polar surface area (TPSA) is 76.1 Å². The van der Waals surface area contributed by atoms with Crippen LogP contribution < -0.4 is 9.47 Å². The van der Waals surface area contributed by atoms with Crippen molar-refractivity contribution in [2.24, 2.45) is 0 Å². The first-order valence-corrected chi connectivity index (χ1v) is 7.96. The van der Waals surface area contributed by atoms with Crippen molar-refractivity contribution < 1.29 is 24.2 Å². The number of carbonyl (C=O) groups excluding carboxylic acids is 1. The molecule has 23 heavy (non-hydrogen) atoms. The standard InChI is InChI=1S/C15H15NO5S2/c1-3-21-11-6-9(4-5-10(11)20-2)7-12-14(19)16(8-13(17)18)15(22)23-12/h4-7H,3,8H2,1-2H3,(H,17,18)/b12-7-. The third-order valence-corrected chi connectivity index (χ3v) is 4.33. The molecule has 0 atom stereocenters. The highest BCUT2D eigenvalue weighted by Gasteiger charge is 2.33. The Hall–Kier alpha value is -2.06. The maximum Gasteiger partial charge on any atom is 0.323 e. The summed E-state index contributed by atoms with van der Waals surface area (Å²) in [7, 11) is 1.55. The van der Waals surface area contributed by atoms with E-state index in [4.69, 9.17) is 26.8 Å². The summed E-state index contributed by atoms with van der Waals surface area (Å²) in [5.41, 5.74) is 0.741. The molecule has 0 saturated carbocycles. The third-order valence-electron chi connectivity index (χ3n) is 2.95. The minimum atomic E-state index is -1.11. The van der Waals surface area contributed by atoms with Crippen molar-refractivity contribution in [3.63, 3.8) is 0 Å². The first kappa shape index (κ1) is 17.3. The van der Waals surface area contributed by atoms with Crippen molar-refractivity contribution in [2.45, 2.75) is 6.92 Å². The lowest BCUT2D eigenvalue weighted by molar-refractivity contribution is -0.140. The van der Waals surface area contributed by atoms with Gasteiger partial charge in [-0.3, -0.25) is 14.5 Å². The fraction of sp³-hybridized carbons (Fsp3) is 0.267. The van der Waals surface area contributed by atoms with Gasteiger partial charge >= 0.3 is 5.97 Å². The van der Waals surface area contributed by atoms with Crippen LogP contribution >= 0.6 is 24.0 Å². The molecule has 1 saturated heterocycles. The molecule has 0 aromatic heterocycles. The van der Waals surface area contributed by atoms with Gasteiger partial charge in [0.05, 0.1) is 18.6 Å². The number of thiocarbonyl (C=S) groups is 1. The molecule has 1 heterocycles. The fourth-order valence-electron chi connectivity index (χ4n) is 1.97. The number of nitrogens with zero attached hydrogens (tertiary/aromatic N) is 1. The second kappa shape index (κ2) is 7.47.